The van der Waals surface area contributed by atoms with E-state index in [-0.39, 0.29) is 18.0 Å². The third-order valence-electron chi connectivity index (χ3n) is 2.57. The Hall–Kier alpha value is -1.54. The molecule has 0 fully saturated rings. The molecule has 2 amide bonds. The van der Waals surface area contributed by atoms with Gasteiger partial charge < -0.3 is 15.3 Å². The fourth-order valence-electron chi connectivity index (χ4n) is 1.48. The molecule has 9 heteroatoms. The van der Waals surface area contributed by atoms with E-state index in [4.69, 9.17) is 16.7 Å². The third kappa shape index (κ3) is 6.07. The lowest BCUT2D eigenvalue weighted by molar-refractivity contribution is -0.137. The van der Waals surface area contributed by atoms with Gasteiger partial charge in [-0.25, -0.2) is 13.6 Å². The molecule has 5 nitrogen and oxygen atoms in total. The summed E-state index contributed by atoms with van der Waals surface area (Å²) in [6.07, 6.45) is -2.69. The number of thioether (sulfide) groups is 1. The minimum Gasteiger partial charge on any atom is -0.481 e. The van der Waals surface area contributed by atoms with Gasteiger partial charge in [-0.3, -0.25) is 4.79 Å². The molecular weight excluding hydrogens is 338 g/mol. The van der Waals surface area contributed by atoms with Crippen molar-refractivity contribution in [1.29, 1.82) is 0 Å². The summed E-state index contributed by atoms with van der Waals surface area (Å²) in [5.74, 6) is -1.46. The Morgan fingerprint density at radius 2 is 2.14 bits per heavy atom. The van der Waals surface area contributed by atoms with Crippen LogP contribution in [-0.2, 0) is 4.79 Å². The molecule has 0 unspecified atom stereocenters. The van der Waals surface area contributed by atoms with Crippen molar-refractivity contribution in [3.05, 3.63) is 23.2 Å². The second-order valence-electron chi connectivity index (χ2n) is 4.31. The Balaban J connectivity index is 2.77. The van der Waals surface area contributed by atoms with Crippen LogP contribution in [0.3, 0.4) is 0 Å². The van der Waals surface area contributed by atoms with E-state index in [2.05, 4.69) is 5.32 Å². The van der Waals surface area contributed by atoms with E-state index < -0.39 is 24.2 Å². The number of carbonyl (C=O) groups is 2. The number of benzene rings is 1. The maximum absolute atomic E-state index is 12.3. The van der Waals surface area contributed by atoms with Crippen LogP contribution in [0.25, 0.3) is 0 Å². The van der Waals surface area contributed by atoms with Gasteiger partial charge in [0.15, 0.2) is 0 Å². The number of carboxylic acid groups (broad SMARTS) is 1. The Bertz CT molecular complexity index is 546. The number of nitrogens with one attached hydrogen (secondary N) is 1. The van der Waals surface area contributed by atoms with Gasteiger partial charge in [0.2, 0.25) is 6.43 Å². The summed E-state index contributed by atoms with van der Waals surface area (Å²) in [4.78, 5) is 24.0. The zero-order chi connectivity index (χ0) is 16.7. The Morgan fingerprint density at radius 3 is 2.73 bits per heavy atom. The molecule has 1 rings (SSSR count). The topological polar surface area (TPSA) is 69.6 Å². The van der Waals surface area contributed by atoms with Gasteiger partial charge in [-0.05, 0) is 12.1 Å². The highest BCUT2D eigenvalue weighted by molar-refractivity contribution is 7.99. The molecule has 0 heterocycles. The van der Waals surface area contributed by atoms with Crippen LogP contribution in [0.2, 0.25) is 5.02 Å². The quantitative estimate of drug-likeness (QED) is 0.735. The van der Waals surface area contributed by atoms with Crippen LogP contribution in [0.15, 0.2) is 23.1 Å². The monoisotopic (exact) mass is 352 g/mol. The van der Waals surface area contributed by atoms with Gasteiger partial charge >= 0.3 is 12.0 Å². The number of hydrogen-bond donors (Lipinski definition) is 2. The molecule has 1 aromatic rings. The van der Waals surface area contributed by atoms with E-state index in [1.54, 1.807) is 18.2 Å². The minimum atomic E-state index is -2.50. The van der Waals surface area contributed by atoms with Crippen molar-refractivity contribution < 1.29 is 23.5 Å². The van der Waals surface area contributed by atoms with Crippen molar-refractivity contribution in [2.45, 2.75) is 17.7 Å². The summed E-state index contributed by atoms with van der Waals surface area (Å²) in [5, 5.41) is 11.4. The maximum Gasteiger partial charge on any atom is 0.321 e. The molecule has 2 N–H and O–H groups in total. The molecule has 0 radical (unpaired) electrons. The average molecular weight is 353 g/mol. The number of aliphatic carboxylic acids is 1. The predicted molar refractivity (Wildman–Crippen MR) is 82.1 cm³/mol. The molecule has 1 aromatic carbocycles. The summed E-state index contributed by atoms with van der Waals surface area (Å²) < 4.78 is 24.7. The Labute approximate surface area is 135 Å². The summed E-state index contributed by atoms with van der Waals surface area (Å²) in [6.45, 7) is 0.0290. The predicted octanol–water partition coefficient (Wildman–Crippen LogP) is 3.64. The van der Waals surface area contributed by atoms with Crippen LogP contribution in [0.5, 0.6) is 0 Å². The van der Waals surface area contributed by atoms with E-state index in [0.717, 1.165) is 11.8 Å². The number of amides is 2. The lowest BCUT2D eigenvalue weighted by Crippen LogP contribution is -2.33. The summed E-state index contributed by atoms with van der Waals surface area (Å²) >= 11 is 6.81. The molecule has 0 aliphatic rings. The molecule has 0 aromatic heterocycles. The van der Waals surface area contributed by atoms with Gasteiger partial charge in [0.1, 0.15) is 0 Å². The van der Waals surface area contributed by atoms with Gasteiger partial charge in [-0.2, -0.15) is 0 Å². The molecule has 0 saturated carbocycles. The van der Waals surface area contributed by atoms with Crippen molar-refractivity contribution in [2.24, 2.45) is 0 Å². The molecule has 0 saturated heterocycles. The highest BCUT2D eigenvalue weighted by Gasteiger charge is 2.15. The van der Waals surface area contributed by atoms with Crippen LogP contribution in [0, 0.1) is 0 Å². The van der Waals surface area contributed by atoms with E-state index in [9.17, 15) is 18.4 Å². The number of anilines is 1. The van der Waals surface area contributed by atoms with Crippen LogP contribution >= 0.6 is 23.4 Å². The maximum atomic E-state index is 12.3. The first-order valence-corrected chi connectivity index (χ1v) is 7.61. The van der Waals surface area contributed by atoms with Crippen LogP contribution in [0.1, 0.15) is 6.42 Å². The molecule has 0 aliphatic carbocycles. The normalized spacial score (nSPS) is 10.6. The molecular formula is C13H15ClF2N2O3S. The zero-order valence-corrected chi connectivity index (χ0v) is 13.3. The molecule has 122 valence electrons. The zero-order valence-electron chi connectivity index (χ0n) is 11.7. The summed E-state index contributed by atoms with van der Waals surface area (Å²) in [6, 6.07) is 4.13. The number of carboxylic acids is 1. The molecule has 0 spiro atoms. The molecule has 22 heavy (non-hydrogen) atoms. The fourth-order valence-corrected chi connectivity index (χ4v) is 2.59. The smallest absolute Gasteiger partial charge is 0.321 e. The fraction of sp³-hybridized carbons (Fsp3) is 0.385. The lowest BCUT2D eigenvalue weighted by Gasteiger charge is -2.19. The van der Waals surface area contributed by atoms with Gasteiger partial charge in [0, 0.05) is 18.5 Å². The molecule has 0 bridgehead atoms. The highest BCUT2D eigenvalue weighted by atomic mass is 35.5. The van der Waals surface area contributed by atoms with Crippen LogP contribution in [-0.4, -0.2) is 47.8 Å². The highest BCUT2D eigenvalue weighted by Crippen LogP contribution is 2.35. The van der Waals surface area contributed by atoms with Gasteiger partial charge in [0.25, 0.3) is 0 Å². The first-order chi connectivity index (χ1) is 10.3. The standard InChI is InChI=1S/C13H15ClF2N2O3S/c1-18(6-5-11(19)20)13(21)17-9-4-2-3-8(14)12(9)22-7-10(15)16/h2-4,10H,5-7H2,1H3,(H,17,21)(H,19,20). The Kier molecular flexibility index (Phi) is 7.40. The van der Waals surface area contributed by atoms with Gasteiger partial charge in [-0.1, -0.05) is 17.7 Å². The number of urea groups is 1. The number of carbonyl (C=O) groups excluding carboxylic acids is 1. The molecule has 0 aliphatic heterocycles. The Morgan fingerprint density at radius 1 is 1.45 bits per heavy atom. The molecule has 0 atom stereocenters. The number of halogens is 3. The van der Waals surface area contributed by atoms with E-state index in [1.807, 2.05) is 0 Å². The van der Waals surface area contributed by atoms with Crippen molar-refractivity contribution in [1.82, 2.24) is 4.90 Å². The van der Waals surface area contributed by atoms with E-state index in [1.165, 1.54) is 11.9 Å². The number of rotatable bonds is 7. The number of alkyl halides is 2. The van der Waals surface area contributed by atoms with E-state index in [0.29, 0.717) is 10.6 Å². The second-order valence-corrected chi connectivity index (χ2v) is 5.75. The largest absolute Gasteiger partial charge is 0.481 e. The van der Waals surface area contributed by atoms with Gasteiger partial charge in [0.05, 0.1) is 22.9 Å². The van der Waals surface area contributed by atoms with Crippen LogP contribution in [0.4, 0.5) is 19.3 Å². The van der Waals surface area contributed by atoms with E-state index >= 15 is 0 Å². The number of nitrogens with zero attached hydrogens (tertiary/aromatic N) is 1. The minimum absolute atomic E-state index is 0.0290. The first-order valence-electron chi connectivity index (χ1n) is 6.24. The first kappa shape index (κ1) is 18.5. The summed E-state index contributed by atoms with van der Waals surface area (Å²) in [5.41, 5.74) is 0.310. The van der Waals surface area contributed by atoms with Crippen LogP contribution < -0.4 is 5.32 Å². The van der Waals surface area contributed by atoms with Crippen molar-refractivity contribution in [2.75, 3.05) is 24.7 Å². The average Bonchev–Trinajstić information content (AvgIpc) is 2.43. The second kappa shape index (κ2) is 8.79. The van der Waals surface area contributed by atoms with Gasteiger partial charge in [-0.15, -0.1) is 11.8 Å². The SMILES string of the molecule is CN(CCC(=O)O)C(=O)Nc1cccc(Cl)c1SCC(F)F. The third-order valence-corrected chi connectivity index (χ3v) is 4.14. The number of hydrogen-bond acceptors (Lipinski definition) is 3. The summed E-state index contributed by atoms with van der Waals surface area (Å²) in [7, 11) is 1.44. The van der Waals surface area contributed by atoms with Crippen molar-refractivity contribution in [3.63, 3.8) is 0 Å². The lowest BCUT2D eigenvalue weighted by atomic mass is 10.3. The van der Waals surface area contributed by atoms with Crippen molar-refractivity contribution in [3.8, 4) is 0 Å². The van der Waals surface area contributed by atoms with Crippen molar-refractivity contribution >= 4 is 41.1 Å².